The van der Waals surface area contributed by atoms with Crippen LogP contribution in [0.3, 0.4) is 0 Å². The normalized spacial score (nSPS) is 11.8. The molecule has 1 rings (SSSR count). The molecule has 1 unspecified atom stereocenters. The van der Waals surface area contributed by atoms with Crippen molar-refractivity contribution in [3.8, 4) is 5.75 Å². The zero-order chi connectivity index (χ0) is 12.1. The highest BCUT2D eigenvalue weighted by molar-refractivity contribution is 5.88. The van der Waals surface area contributed by atoms with Crippen LogP contribution in [0, 0.1) is 5.92 Å². The minimum atomic E-state index is -1.02. The van der Waals surface area contributed by atoms with Gasteiger partial charge in [-0.05, 0) is 18.2 Å². The van der Waals surface area contributed by atoms with E-state index in [1.807, 2.05) is 0 Å². The summed E-state index contributed by atoms with van der Waals surface area (Å²) >= 11 is 0. The van der Waals surface area contributed by atoms with Crippen LogP contribution in [-0.4, -0.2) is 23.6 Å². The first-order chi connectivity index (χ1) is 7.50. The van der Waals surface area contributed by atoms with E-state index < -0.39 is 17.8 Å². The van der Waals surface area contributed by atoms with Gasteiger partial charge in [0.1, 0.15) is 5.75 Å². The van der Waals surface area contributed by atoms with Crippen molar-refractivity contribution in [1.29, 1.82) is 0 Å². The van der Waals surface area contributed by atoms with Crippen LogP contribution in [0.4, 0.5) is 0 Å². The summed E-state index contributed by atoms with van der Waals surface area (Å²) in [7, 11) is 0. The van der Waals surface area contributed by atoms with E-state index in [0.29, 0.717) is 5.75 Å². The lowest BCUT2D eigenvalue weighted by atomic mass is 10.2. The van der Waals surface area contributed by atoms with E-state index in [9.17, 15) is 9.59 Å². The van der Waals surface area contributed by atoms with Crippen molar-refractivity contribution in [2.75, 3.05) is 6.61 Å². The quantitative estimate of drug-likeness (QED) is 0.775. The molecule has 0 saturated heterocycles. The third-order valence-corrected chi connectivity index (χ3v) is 2.07. The van der Waals surface area contributed by atoms with Gasteiger partial charge in [0.25, 0.3) is 0 Å². The molecule has 0 saturated carbocycles. The fourth-order valence-corrected chi connectivity index (χ4v) is 1.02. The number of carboxylic acids is 1. The molecule has 1 aromatic rings. The summed E-state index contributed by atoms with van der Waals surface area (Å²) in [5, 5.41) is 8.75. The second-order valence-electron chi connectivity index (χ2n) is 3.45. The number of ether oxygens (including phenoxy) is 1. The molecule has 0 fully saturated rings. The van der Waals surface area contributed by atoms with Crippen LogP contribution in [0.2, 0.25) is 0 Å². The third-order valence-electron chi connectivity index (χ3n) is 2.07. The lowest BCUT2D eigenvalue weighted by Gasteiger charge is -2.10. The molecule has 1 atom stereocenters. The first-order valence-electron chi connectivity index (χ1n) is 4.76. The van der Waals surface area contributed by atoms with Gasteiger partial charge in [0, 0.05) is 0 Å². The van der Waals surface area contributed by atoms with Gasteiger partial charge in [0.05, 0.1) is 18.1 Å². The first kappa shape index (κ1) is 12.0. The van der Waals surface area contributed by atoms with Crippen LogP contribution >= 0.6 is 0 Å². The molecule has 0 aromatic heterocycles. The molecule has 0 aliphatic carbocycles. The first-order valence-corrected chi connectivity index (χ1v) is 4.76. The summed E-state index contributed by atoms with van der Waals surface area (Å²) in [5.41, 5.74) is 5.21. The molecule has 0 heterocycles. The van der Waals surface area contributed by atoms with E-state index in [-0.39, 0.29) is 12.2 Å². The topological polar surface area (TPSA) is 89.6 Å². The number of carboxylic acid groups (broad SMARTS) is 1. The highest BCUT2D eigenvalue weighted by Gasteiger charge is 2.10. The predicted molar refractivity (Wildman–Crippen MR) is 57.3 cm³/mol. The summed E-state index contributed by atoms with van der Waals surface area (Å²) in [5.74, 6) is -1.47. The van der Waals surface area contributed by atoms with E-state index in [1.54, 1.807) is 19.1 Å². The maximum Gasteiger partial charge on any atom is 0.335 e. The Bertz CT molecular complexity index is 403. The molecule has 1 aromatic carbocycles. The standard InChI is InChI=1S/C11H13NO4/c1-7(10(12)13)6-16-9-4-2-3-8(5-9)11(14)15/h2-5,7H,6H2,1H3,(H2,12,13)(H,14,15). The van der Waals surface area contributed by atoms with Crippen LogP contribution in [0.5, 0.6) is 5.75 Å². The van der Waals surface area contributed by atoms with Crippen molar-refractivity contribution in [3.05, 3.63) is 29.8 Å². The van der Waals surface area contributed by atoms with Gasteiger partial charge in [-0.15, -0.1) is 0 Å². The average molecular weight is 223 g/mol. The smallest absolute Gasteiger partial charge is 0.335 e. The minimum absolute atomic E-state index is 0.137. The van der Waals surface area contributed by atoms with Crippen molar-refractivity contribution < 1.29 is 19.4 Å². The maximum absolute atomic E-state index is 10.7. The van der Waals surface area contributed by atoms with Crippen LogP contribution in [0.25, 0.3) is 0 Å². The van der Waals surface area contributed by atoms with Gasteiger partial charge in [-0.1, -0.05) is 13.0 Å². The van der Waals surface area contributed by atoms with Crippen molar-refractivity contribution in [1.82, 2.24) is 0 Å². The van der Waals surface area contributed by atoms with E-state index in [2.05, 4.69) is 0 Å². The van der Waals surface area contributed by atoms with E-state index in [1.165, 1.54) is 12.1 Å². The number of carbonyl (C=O) groups is 2. The zero-order valence-corrected chi connectivity index (χ0v) is 8.84. The number of aromatic carboxylic acids is 1. The minimum Gasteiger partial charge on any atom is -0.493 e. The lowest BCUT2D eigenvalue weighted by molar-refractivity contribution is -0.122. The second-order valence-corrected chi connectivity index (χ2v) is 3.45. The number of nitrogens with two attached hydrogens (primary N) is 1. The summed E-state index contributed by atoms with van der Waals surface area (Å²) in [6, 6.07) is 6.07. The Morgan fingerprint density at radius 1 is 1.50 bits per heavy atom. The second kappa shape index (κ2) is 5.16. The molecular weight excluding hydrogens is 210 g/mol. The number of rotatable bonds is 5. The lowest BCUT2D eigenvalue weighted by Crippen LogP contribution is -2.25. The van der Waals surface area contributed by atoms with Crippen LogP contribution in [0.15, 0.2) is 24.3 Å². The Kier molecular flexibility index (Phi) is 3.88. The summed E-state index contributed by atoms with van der Waals surface area (Å²) < 4.78 is 5.26. The number of benzene rings is 1. The molecule has 0 aliphatic rings. The molecule has 5 nitrogen and oxygen atoms in total. The summed E-state index contributed by atoms with van der Waals surface area (Å²) in [6.45, 7) is 1.78. The van der Waals surface area contributed by atoms with Gasteiger partial charge < -0.3 is 15.6 Å². The summed E-state index contributed by atoms with van der Waals surface area (Å²) in [6.07, 6.45) is 0. The number of hydrogen-bond donors (Lipinski definition) is 2. The van der Waals surface area contributed by atoms with Crippen molar-refractivity contribution in [3.63, 3.8) is 0 Å². The SMILES string of the molecule is CC(COc1cccc(C(=O)O)c1)C(N)=O. The van der Waals surface area contributed by atoms with Gasteiger partial charge in [-0.25, -0.2) is 4.79 Å². The number of primary amides is 1. The highest BCUT2D eigenvalue weighted by Crippen LogP contribution is 2.14. The molecule has 5 heteroatoms. The fourth-order valence-electron chi connectivity index (χ4n) is 1.02. The largest absolute Gasteiger partial charge is 0.493 e. The molecular formula is C11H13NO4. The predicted octanol–water partition coefficient (Wildman–Crippen LogP) is 0.885. The molecule has 16 heavy (non-hydrogen) atoms. The van der Waals surface area contributed by atoms with Crippen molar-refractivity contribution >= 4 is 11.9 Å². The van der Waals surface area contributed by atoms with Crippen LogP contribution < -0.4 is 10.5 Å². The van der Waals surface area contributed by atoms with Gasteiger partial charge in [-0.3, -0.25) is 4.79 Å². The van der Waals surface area contributed by atoms with Crippen molar-refractivity contribution in [2.45, 2.75) is 6.92 Å². The molecule has 0 bridgehead atoms. The van der Waals surface area contributed by atoms with Crippen LogP contribution in [0.1, 0.15) is 17.3 Å². The van der Waals surface area contributed by atoms with Gasteiger partial charge >= 0.3 is 5.97 Å². The van der Waals surface area contributed by atoms with Crippen LogP contribution in [-0.2, 0) is 4.79 Å². The highest BCUT2D eigenvalue weighted by atomic mass is 16.5. The van der Waals surface area contributed by atoms with Gasteiger partial charge in [0.15, 0.2) is 0 Å². The number of carbonyl (C=O) groups excluding carboxylic acids is 1. The molecule has 0 spiro atoms. The average Bonchev–Trinajstić information content (AvgIpc) is 2.26. The molecule has 0 aliphatic heterocycles. The maximum atomic E-state index is 10.7. The van der Waals surface area contributed by atoms with E-state index in [0.717, 1.165) is 0 Å². The Morgan fingerprint density at radius 3 is 2.75 bits per heavy atom. The van der Waals surface area contributed by atoms with Crippen molar-refractivity contribution in [2.24, 2.45) is 11.7 Å². The van der Waals surface area contributed by atoms with E-state index in [4.69, 9.17) is 15.6 Å². The van der Waals surface area contributed by atoms with Gasteiger partial charge in [-0.2, -0.15) is 0 Å². The molecule has 86 valence electrons. The van der Waals surface area contributed by atoms with Gasteiger partial charge in [0.2, 0.25) is 5.91 Å². The Hall–Kier alpha value is -2.04. The Balaban J connectivity index is 2.64. The number of amides is 1. The monoisotopic (exact) mass is 223 g/mol. The zero-order valence-electron chi connectivity index (χ0n) is 8.84. The molecule has 1 amide bonds. The third kappa shape index (κ3) is 3.27. The Morgan fingerprint density at radius 2 is 2.19 bits per heavy atom. The van der Waals surface area contributed by atoms with E-state index >= 15 is 0 Å². The molecule has 3 N–H and O–H groups in total. The molecule has 0 radical (unpaired) electrons. The Labute approximate surface area is 92.8 Å². The summed E-state index contributed by atoms with van der Waals surface area (Å²) in [4.78, 5) is 21.4. The number of hydrogen-bond acceptors (Lipinski definition) is 3. The fraction of sp³-hybridized carbons (Fsp3) is 0.273.